The van der Waals surface area contributed by atoms with Gasteiger partial charge in [-0.1, -0.05) is 45.7 Å². The van der Waals surface area contributed by atoms with Crippen LogP contribution in [0.2, 0.25) is 5.02 Å². The van der Waals surface area contributed by atoms with E-state index in [1.165, 1.54) is 25.7 Å². The van der Waals surface area contributed by atoms with Crippen LogP contribution in [0.1, 0.15) is 26.6 Å². The zero-order chi connectivity index (χ0) is 26.6. The van der Waals surface area contributed by atoms with Crippen LogP contribution in [-0.2, 0) is 0 Å². The molecule has 2 heterocycles. The third kappa shape index (κ3) is 5.20. The predicted octanol–water partition coefficient (Wildman–Crippen LogP) is 6.84. The number of H-pyrrole nitrogens is 1. The maximum Gasteiger partial charge on any atom is 0.379 e. The second-order valence-electron chi connectivity index (χ2n) is 8.02. The highest BCUT2D eigenvalue weighted by atomic mass is 79.9. The van der Waals surface area contributed by atoms with Gasteiger partial charge >= 0.3 is 5.97 Å². The van der Waals surface area contributed by atoms with E-state index >= 15 is 0 Å². The quantitative estimate of drug-likeness (QED) is 0.0932. The van der Waals surface area contributed by atoms with Crippen LogP contribution in [0.25, 0.3) is 22.0 Å². The lowest BCUT2D eigenvalue weighted by molar-refractivity contribution is 0.0696. The minimum Gasteiger partial charge on any atom is -0.493 e. The summed E-state index contributed by atoms with van der Waals surface area (Å²) in [5.74, 6) is -0.506. The summed E-state index contributed by atoms with van der Waals surface area (Å²) >= 11 is 9.98. The number of nitrogens with zero attached hydrogens (tertiary/aromatic N) is 1. The van der Waals surface area contributed by atoms with Gasteiger partial charge in [-0.05, 0) is 60.2 Å². The fourth-order valence-electron chi connectivity index (χ4n) is 3.89. The summed E-state index contributed by atoms with van der Waals surface area (Å²) in [4.78, 5) is 28.6. The van der Waals surface area contributed by atoms with Crippen LogP contribution in [0.15, 0.2) is 93.1 Å². The normalized spacial score (nSPS) is 11.1. The summed E-state index contributed by atoms with van der Waals surface area (Å²) in [5, 5.41) is 5.46. The standard InChI is InChI=1S/C28H19BrClN3O5/c1-36-24-13-16(8-11-22(24)38-28(35)23-7-4-12-37-23)15-31-33-27(34)26-25(18-5-2-3-6-20(18)30)19-14-17(29)9-10-21(19)32-26/h2-15,32H,1H3,(H,33,34). The van der Waals surface area contributed by atoms with Crippen molar-refractivity contribution in [2.45, 2.75) is 0 Å². The summed E-state index contributed by atoms with van der Waals surface area (Å²) in [5.41, 5.74) is 5.65. The maximum atomic E-state index is 13.2. The highest BCUT2D eigenvalue weighted by Gasteiger charge is 2.21. The Bertz CT molecular complexity index is 1680. The van der Waals surface area contributed by atoms with Gasteiger partial charge in [0, 0.05) is 31.5 Å². The number of amides is 1. The minimum absolute atomic E-state index is 0.0703. The number of nitrogens with one attached hydrogen (secondary N) is 2. The third-order valence-electron chi connectivity index (χ3n) is 5.62. The monoisotopic (exact) mass is 591 g/mol. The van der Waals surface area contributed by atoms with Gasteiger partial charge in [-0.3, -0.25) is 4.79 Å². The number of fused-ring (bicyclic) bond motifs is 1. The number of ether oxygens (including phenoxy) is 2. The fraction of sp³-hybridized carbons (Fsp3) is 0.0357. The molecule has 0 saturated carbocycles. The molecule has 3 aromatic carbocycles. The van der Waals surface area contributed by atoms with E-state index < -0.39 is 11.9 Å². The molecule has 0 aliphatic heterocycles. The molecule has 0 bridgehead atoms. The second-order valence-corrected chi connectivity index (χ2v) is 9.34. The molecule has 190 valence electrons. The third-order valence-corrected chi connectivity index (χ3v) is 6.45. The number of rotatable bonds is 7. The van der Waals surface area contributed by atoms with Gasteiger partial charge in [-0.2, -0.15) is 5.10 Å². The molecule has 5 aromatic rings. The van der Waals surface area contributed by atoms with Crippen molar-refractivity contribution in [3.8, 4) is 22.6 Å². The molecule has 2 aromatic heterocycles. The number of aromatic amines is 1. The maximum absolute atomic E-state index is 13.2. The molecule has 0 radical (unpaired) electrons. The van der Waals surface area contributed by atoms with Gasteiger partial charge in [-0.25, -0.2) is 10.2 Å². The number of benzene rings is 3. The summed E-state index contributed by atoms with van der Waals surface area (Å²) in [6, 6.07) is 21.0. The smallest absolute Gasteiger partial charge is 0.379 e. The largest absolute Gasteiger partial charge is 0.493 e. The van der Waals surface area contributed by atoms with Crippen molar-refractivity contribution in [3.63, 3.8) is 0 Å². The van der Waals surface area contributed by atoms with E-state index in [1.807, 2.05) is 36.4 Å². The molecule has 10 heteroatoms. The van der Waals surface area contributed by atoms with Crippen molar-refractivity contribution >= 4 is 56.5 Å². The van der Waals surface area contributed by atoms with Crippen molar-refractivity contribution in [1.29, 1.82) is 0 Å². The molecule has 0 aliphatic rings. The van der Waals surface area contributed by atoms with Crippen LogP contribution in [0.4, 0.5) is 0 Å². The molecular formula is C28H19BrClN3O5. The first-order valence-corrected chi connectivity index (χ1v) is 12.4. The number of hydrogen-bond acceptors (Lipinski definition) is 6. The average Bonchev–Trinajstić information content (AvgIpc) is 3.58. The second kappa shape index (κ2) is 11.0. The van der Waals surface area contributed by atoms with Crippen molar-refractivity contribution in [1.82, 2.24) is 10.4 Å². The number of carbonyl (C=O) groups excluding carboxylic acids is 2. The Morgan fingerprint density at radius 1 is 1.05 bits per heavy atom. The molecular weight excluding hydrogens is 574 g/mol. The van der Waals surface area contributed by atoms with Crippen LogP contribution in [0, 0.1) is 0 Å². The van der Waals surface area contributed by atoms with Gasteiger partial charge in [0.2, 0.25) is 5.76 Å². The number of furan rings is 1. The van der Waals surface area contributed by atoms with E-state index in [4.69, 9.17) is 25.5 Å². The van der Waals surface area contributed by atoms with Gasteiger partial charge in [-0.15, -0.1) is 0 Å². The molecule has 8 nitrogen and oxygen atoms in total. The van der Waals surface area contributed by atoms with E-state index in [2.05, 4.69) is 31.4 Å². The van der Waals surface area contributed by atoms with Gasteiger partial charge in [0.15, 0.2) is 11.5 Å². The average molecular weight is 593 g/mol. The van der Waals surface area contributed by atoms with Gasteiger partial charge < -0.3 is 18.9 Å². The molecule has 0 saturated heterocycles. The van der Waals surface area contributed by atoms with Crippen LogP contribution < -0.4 is 14.9 Å². The van der Waals surface area contributed by atoms with Gasteiger partial charge in [0.05, 0.1) is 19.6 Å². The van der Waals surface area contributed by atoms with Crippen molar-refractivity contribution in [3.05, 3.63) is 106 Å². The Kier molecular flexibility index (Phi) is 7.30. The lowest BCUT2D eigenvalue weighted by Crippen LogP contribution is -2.19. The lowest BCUT2D eigenvalue weighted by atomic mass is 10.0. The Labute approximate surface area is 230 Å². The Morgan fingerprint density at radius 2 is 1.89 bits per heavy atom. The minimum atomic E-state index is -0.651. The van der Waals surface area contributed by atoms with E-state index in [0.717, 1.165) is 20.9 Å². The van der Waals surface area contributed by atoms with Gasteiger partial charge in [0.1, 0.15) is 5.69 Å². The number of carbonyl (C=O) groups is 2. The summed E-state index contributed by atoms with van der Waals surface area (Å²) in [6.07, 6.45) is 2.83. The van der Waals surface area contributed by atoms with Crippen molar-refractivity contribution < 1.29 is 23.5 Å². The fourth-order valence-corrected chi connectivity index (χ4v) is 4.48. The first kappa shape index (κ1) is 25.3. The molecule has 0 atom stereocenters. The molecule has 0 aliphatic carbocycles. The Hall–Kier alpha value is -4.34. The Morgan fingerprint density at radius 3 is 2.66 bits per heavy atom. The highest BCUT2D eigenvalue weighted by Crippen LogP contribution is 2.37. The number of methoxy groups -OCH3 is 1. The lowest BCUT2D eigenvalue weighted by Gasteiger charge is -2.09. The van der Waals surface area contributed by atoms with Crippen molar-refractivity contribution in [2.24, 2.45) is 5.10 Å². The number of hydrogen-bond donors (Lipinski definition) is 2. The molecule has 5 rings (SSSR count). The van der Waals surface area contributed by atoms with E-state index in [1.54, 1.807) is 30.3 Å². The molecule has 1 amide bonds. The van der Waals surface area contributed by atoms with Crippen LogP contribution in [0.5, 0.6) is 11.5 Å². The van der Waals surface area contributed by atoms with Gasteiger partial charge in [0.25, 0.3) is 5.91 Å². The van der Waals surface area contributed by atoms with Crippen LogP contribution in [-0.4, -0.2) is 30.2 Å². The zero-order valence-corrected chi connectivity index (χ0v) is 22.2. The molecule has 0 unspecified atom stereocenters. The topological polar surface area (TPSA) is 106 Å². The molecule has 2 N–H and O–H groups in total. The SMILES string of the molecule is COc1cc(C=NNC(=O)c2[nH]c3ccc(Br)cc3c2-c2ccccc2Cl)ccc1OC(=O)c1ccco1. The predicted molar refractivity (Wildman–Crippen MR) is 148 cm³/mol. The van der Waals surface area contributed by atoms with Crippen molar-refractivity contribution in [2.75, 3.05) is 7.11 Å². The summed E-state index contributed by atoms with van der Waals surface area (Å²) in [7, 11) is 1.45. The summed E-state index contributed by atoms with van der Waals surface area (Å²) < 4.78 is 16.6. The van der Waals surface area contributed by atoms with E-state index in [9.17, 15) is 9.59 Å². The highest BCUT2D eigenvalue weighted by molar-refractivity contribution is 9.10. The number of halogens is 2. The molecule has 0 spiro atoms. The van der Waals surface area contributed by atoms with E-state index in [0.29, 0.717) is 27.6 Å². The first-order valence-electron chi connectivity index (χ1n) is 11.3. The molecule has 0 fully saturated rings. The van der Waals surface area contributed by atoms with Crippen LogP contribution >= 0.6 is 27.5 Å². The number of hydrazone groups is 1. The first-order chi connectivity index (χ1) is 18.4. The number of aromatic nitrogens is 1. The van der Waals surface area contributed by atoms with E-state index in [-0.39, 0.29) is 11.5 Å². The Balaban J connectivity index is 1.38. The summed E-state index contributed by atoms with van der Waals surface area (Å²) in [6.45, 7) is 0. The van der Waals surface area contributed by atoms with Crippen LogP contribution in [0.3, 0.4) is 0 Å². The zero-order valence-electron chi connectivity index (χ0n) is 19.8. The number of esters is 1. The molecule has 38 heavy (non-hydrogen) atoms.